The van der Waals surface area contributed by atoms with E-state index in [0.717, 1.165) is 27.7 Å². The molecule has 2 N–H and O–H groups in total. The third kappa shape index (κ3) is 3.76. The maximum absolute atomic E-state index is 10.8. The number of non-ortho nitro benzene ring substituents is 1. The molecule has 4 rings (SSSR count). The van der Waals surface area contributed by atoms with Crippen LogP contribution in [0, 0.1) is 10.1 Å². The fourth-order valence-electron chi connectivity index (χ4n) is 3.08. The van der Waals surface area contributed by atoms with Crippen LogP contribution >= 0.6 is 0 Å². The number of fused-ring (bicyclic) bond motifs is 1. The normalized spacial score (nSPS) is 11.5. The van der Waals surface area contributed by atoms with Crippen molar-refractivity contribution in [3.05, 3.63) is 106 Å². The molecule has 6 nitrogen and oxygen atoms in total. The van der Waals surface area contributed by atoms with Crippen molar-refractivity contribution in [1.82, 2.24) is 4.98 Å². The number of nitro benzene ring substituents is 1. The first-order chi connectivity index (χ1) is 13.7. The van der Waals surface area contributed by atoms with Gasteiger partial charge in [0.15, 0.2) is 0 Å². The first kappa shape index (κ1) is 17.5. The highest BCUT2D eigenvalue weighted by atomic mass is 16.6. The summed E-state index contributed by atoms with van der Waals surface area (Å²) in [6.07, 6.45) is 2.62. The smallest absolute Gasteiger partial charge is 0.269 e. The second kappa shape index (κ2) is 7.75. The molecule has 0 unspecified atom stereocenters. The lowest BCUT2D eigenvalue weighted by Gasteiger charge is -2.08. The van der Waals surface area contributed by atoms with Gasteiger partial charge in [-0.15, -0.1) is 0 Å². The summed E-state index contributed by atoms with van der Waals surface area (Å²) in [4.78, 5) is 13.7. The maximum atomic E-state index is 10.8. The van der Waals surface area contributed by atoms with Gasteiger partial charge in [0.25, 0.3) is 5.69 Å². The van der Waals surface area contributed by atoms with Gasteiger partial charge in [0.05, 0.1) is 16.3 Å². The molecule has 28 heavy (non-hydrogen) atoms. The third-order valence-corrected chi connectivity index (χ3v) is 4.51. The van der Waals surface area contributed by atoms with E-state index < -0.39 is 4.92 Å². The molecule has 138 valence electrons. The summed E-state index contributed by atoms with van der Waals surface area (Å²) in [5.41, 5.74) is 7.88. The molecule has 0 bridgehead atoms. The van der Waals surface area contributed by atoms with Crippen LogP contribution < -0.4 is 5.43 Å². The lowest BCUT2D eigenvalue weighted by Crippen LogP contribution is -2.08. The number of para-hydroxylation sites is 1. The predicted molar refractivity (Wildman–Crippen MR) is 112 cm³/mol. The van der Waals surface area contributed by atoms with Crippen molar-refractivity contribution >= 4 is 28.0 Å². The molecule has 1 heterocycles. The van der Waals surface area contributed by atoms with Gasteiger partial charge in [-0.1, -0.05) is 48.5 Å². The van der Waals surface area contributed by atoms with Crippen LogP contribution in [-0.4, -0.2) is 15.6 Å². The Balaban J connectivity index is 1.68. The molecule has 0 amide bonds. The van der Waals surface area contributed by atoms with E-state index in [0.29, 0.717) is 12.1 Å². The zero-order valence-electron chi connectivity index (χ0n) is 15.0. The van der Waals surface area contributed by atoms with Crippen molar-refractivity contribution < 1.29 is 4.92 Å². The second-order valence-corrected chi connectivity index (χ2v) is 6.38. The Morgan fingerprint density at radius 3 is 2.43 bits per heavy atom. The number of H-pyrrole nitrogens is 1. The van der Waals surface area contributed by atoms with Crippen molar-refractivity contribution in [2.75, 3.05) is 5.43 Å². The minimum absolute atomic E-state index is 0.0515. The summed E-state index contributed by atoms with van der Waals surface area (Å²) >= 11 is 0. The molecule has 0 aliphatic rings. The average molecular weight is 370 g/mol. The van der Waals surface area contributed by atoms with Crippen molar-refractivity contribution in [1.29, 1.82) is 0 Å². The lowest BCUT2D eigenvalue weighted by atomic mass is 10.0. The molecular formula is C22H18N4O2. The number of nitrogens with one attached hydrogen (secondary N) is 2. The van der Waals surface area contributed by atoms with Gasteiger partial charge in [-0.25, -0.2) is 0 Å². The van der Waals surface area contributed by atoms with Crippen LogP contribution in [0.5, 0.6) is 0 Å². The molecule has 3 aromatic carbocycles. The van der Waals surface area contributed by atoms with Crippen LogP contribution in [0.25, 0.3) is 10.9 Å². The Hall–Kier alpha value is -3.93. The van der Waals surface area contributed by atoms with Gasteiger partial charge in [0, 0.05) is 41.2 Å². The number of aromatic amines is 1. The minimum atomic E-state index is -0.417. The zero-order valence-corrected chi connectivity index (χ0v) is 15.0. The molecule has 0 aliphatic heterocycles. The number of anilines is 1. The minimum Gasteiger partial charge on any atom is -0.360 e. The molecule has 0 fully saturated rings. The topological polar surface area (TPSA) is 83.3 Å². The summed E-state index contributed by atoms with van der Waals surface area (Å²) in [7, 11) is 0. The highest BCUT2D eigenvalue weighted by Gasteiger charge is 2.11. The van der Waals surface area contributed by atoms with Crippen LogP contribution in [0.3, 0.4) is 0 Å². The quantitative estimate of drug-likeness (QED) is 0.280. The summed E-state index contributed by atoms with van der Waals surface area (Å²) < 4.78 is 0. The number of hydrogen-bond acceptors (Lipinski definition) is 4. The van der Waals surface area contributed by atoms with E-state index in [-0.39, 0.29) is 5.69 Å². The fraction of sp³-hybridized carbons (Fsp3) is 0.0455. The van der Waals surface area contributed by atoms with Gasteiger partial charge >= 0.3 is 0 Å². The molecule has 1 aromatic heterocycles. The molecule has 0 spiro atoms. The van der Waals surface area contributed by atoms with Crippen LogP contribution in [0.1, 0.15) is 11.1 Å². The molecule has 0 radical (unpaired) electrons. The second-order valence-electron chi connectivity index (χ2n) is 6.38. The van der Waals surface area contributed by atoms with Crippen LogP contribution in [0.4, 0.5) is 11.4 Å². The fourth-order valence-corrected chi connectivity index (χ4v) is 3.08. The van der Waals surface area contributed by atoms with Gasteiger partial charge < -0.3 is 4.98 Å². The van der Waals surface area contributed by atoms with Crippen molar-refractivity contribution in [2.24, 2.45) is 5.10 Å². The Morgan fingerprint density at radius 1 is 0.964 bits per heavy atom. The zero-order chi connectivity index (χ0) is 19.3. The largest absolute Gasteiger partial charge is 0.360 e. The van der Waals surface area contributed by atoms with Crippen molar-refractivity contribution in [3.63, 3.8) is 0 Å². The highest BCUT2D eigenvalue weighted by Crippen LogP contribution is 2.21. The number of nitrogens with zero attached hydrogens (tertiary/aromatic N) is 2. The van der Waals surface area contributed by atoms with Gasteiger partial charge in [-0.05, 0) is 23.8 Å². The monoisotopic (exact) mass is 370 g/mol. The molecule has 0 saturated carbocycles. The molecular weight excluding hydrogens is 352 g/mol. The molecule has 0 aliphatic carbocycles. The van der Waals surface area contributed by atoms with Crippen molar-refractivity contribution in [2.45, 2.75) is 6.42 Å². The summed E-state index contributed by atoms with van der Waals surface area (Å²) in [6.45, 7) is 0. The Labute approximate surface area is 161 Å². The first-order valence-corrected chi connectivity index (χ1v) is 8.88. The van der Waals surface area contributed by atoms with E-state index in [1.165, 1.54) is 12.1 Å². The summed E-state index contributed by atoms with van der Waals surface area (Å²) in [5.74, 6) is 0. The summed E-state index contributed by atoms with van der Waals surface area (Å²) in [6, 6.07) is 24.4. The highest BCUT2D eigenvalue weighted by molar-refractivity contribution is 6.11. The maximum Gasteiger partial charge on any atom is 0.269 e. The van der Waals surface area contributed by atoms with E-state index in [1.807, 2.05) is 42.6 Å². The van der Waals surface area contributed by atoms with Crippen LogP contribution in [0.15, 0.2) is 90.2 Å². The first-order valence-electron chi connectivity index (χ1n) is 8.88. The Kier molecular flexibility index (Phi) is 4.84. The van der Waals surface area contributed by atoms with Gasteiger partial charge in [0.1, 0.15) is 0 Å². The lowest BCUT2D eigenvalue weighted by molar-refractivity contribution is -0.384. The number of aromatic nitrogens is 1. The van der Waals surface area contributed by atoms with Gasteiger partial charge in [0.2, 0.25) is 0 Å². The number of hydrazone groups is 1. The number of hydrogen-bond donors (Lipinski definition) is 2. The molecule has 0 atom stereocenters. The van der Waals surface area contributed by atoms with E-state index in [2.05, 4.69) is 33.7 Å². The Bertz CT molecular complexity index is 1130. The third-order valence-electron chi connectivity index (χ3n) is 4.51. The summed E-state index contributed by atoms with van der Waals surface area (Å²) in [5, 5.41) is 16.5. The molecule has 0 saturated heterocycles. The van der Waals surface area contributed by atoms with E-state index in [1.54, 1.807) is 12.1 Å². The number of benzene rings is 3. The Morgan fingerprint density at radius 2 is 1.68 bits per heavy atom. The van der Waals surface area contributed by atoms with E-state index >= 15 is 0 Å². The van der Waals surface area contributed by atoms with Gasteiger partial charge in [-0.3, -0.25) is 15.5 Å². The van der Waals surface area contributed by atoms with Crippen LogP contribution in [-0.2, 0) is 6.42 Å². The van der Waals surface area contributed by atoms with Crippen LogP contribution in [0.2, 0.25) is 0 Å². The average Bonchev–Trinajstić information content (AvgIpc) is 3.16. The van der Waals surface area contributed by atoms with Gasteiger partial charge in [-0.2, -0.15) is 5.10 Å². The number of nitro groups is 1. The number of rotatable bonds is 6. The molecule has 4 aromatic rings. The standard InChI is InChI=1S/C22H18N4O2/c27-26(28)18-12-10-17(11-13-18)24-25-22(14-16-6-2-1-3-7-16)20-15-23-21-9-5-4-8-19(20)21/h1-13,15,23-24H,14H2. The van der Waals surface area contributed by atoms with E-state index in [9.17, 15) is 10.1 Å². The van der Waals surface area contributed by atoms with Crippen molar-refractivity contribution in [3.8, 4) is 0 Å². The van der Waals surface area contributed by atoms with E-state index in [4.69, 9.17) is 0 Å². The SMILES string of the molecule is O=[N+]([O-])c1ccc(NN=C(Cc2ccccc2)c2c[nH]c3ccccc23)cc1. The molecule has 6 heteroatoms. The predicted octanol–water partition coefficient (Wildman–Crippen LogP) is 5.14.